The number of hydrogen-bond donors (Lipinski definition) is 1. The predicted octanol–water partition coefficient (Wildman–Crippen LogP) is 1.20. The van der Waals surface area contributed by atoms with Gasteiger partial charge in [0.25, 0.3) is 11.8 Å². The Morgan fingerprint density at radius 2 is 1.83 bits per heavy atom. The third-order valence-corrected chi connectivity index (χ3v) is 3.86. The average molecular weight is 272 g/mol. The van der Waals surface area contributed by atoms with Gasteiger partial charge in [-0.05, 0) is 31.3 Å². The Bertz CT molecular complexity index is 412. The number of nitrogens with zero attached hydrogens (tertiary/aromatic N) is 1. The van der Waals surface area contributed by atoms with E-state index in [1.165, 1.54) is 0 Å². The molecule has 1 fully saturated rings. The topological polar surface area (TPSA) is 66.5 Å². The van der Waals surface area contributed by atoms with Gasteiger partial charge in [-0.3, -0.25) is 19.8 Å². The molecule has 0 aromatic heterocycles. The zero-order valence-corrected chi connectivity index (χ0v) is 12.1. The molecule has 0 unspecified atom stereocenters. The average Bonchev–Trinajstić information content (AvgIpc) is 2.21. The standard InChI is InChI=1S/C12H20N2O3S/c1-8(2)6-5-7-14-11(16)9(18(3)4)10(15)13-12(14)17/h8H,5-7H2,1-4H3,(H,13,15,17). The van der Waals surface area contributed by atoms with Crippen molar-refractivity contribution in [1.29, 1.82) is 0 Å². The van der Waals surface area contributed by atoms with E-state index >= 15 is 0 Å². The first-order valence-corrected chi connectivity index (χ1v) is 8.00. The Kier molecular flexibility index (Phi) is 5.07. The maximum absolute atomic E-state index is 12.1. The molecule has 1 saturated heterocycles. The quantitative estimate of drug-likeness (QED) is 0.782. The first kappa shape index (κ1) is 14.9. The van der Waals surface area contributed by atoms with Gasteiger partial charge in [0.15, 0.2) is 0 Å². The van der Waals surface area contributed by atoms with E-state index in [2.05, 4.69) is 19.2 Å². The maximum Gasteiger partial charge on any atom is 0.331 e. The van der Waals surface area contributed by atoms with Crippen LogP contribution in [-0.2, 0) is 9.59 Å². The highest BCUT2D eigenvalue weighted by Crippen LogP contribution is 2.13. The molecule has 1 rings (SSSR count). The molecule has 0 atom stereocenters. The summed E-state index contributed by atoms with van der Waals surface area (Å²) in [4.78, 5) is 36.6. The van der Waals surface area contributed by atoms with E-state index in [9.17, 15) is 14.4 Å². The van der Waals surface area contributed by atoms with Gasteiger partial charge < -0.3 is 0 Å². The summed E-state index contributed by atoms with van der Waals surface area (Å²) in [6, 6.07) is -0.594. The van der Waals surface area contributed by atoms with E-state index < -0.39 is 28.3 Å². The summed E-state index contributed by atoms with van der Waals surface area (Å²) >= 11 is 0. The molecular formula is C12H20N2O3S. The van der Waals surface area contributed by atoms with Crippen molar-refractivity contribution in [2.75, 3.05) is 19.1 Å². The number of urea groups is 1. The van der Waals surface area contributed by atoms with Gasteiger partial charge >= 0.3 is 6.03 Å². The minimum absolute atomic E-state index is 0.194. The molecule has 0 aliphatic carbocycles. The smallest absolute Gasteiger partial charge is 0.273 e. The molecule has 1 heterocycles. The minimum Gasteiger partial charge on any atom is -0.273 e. The van der Waals surface area contributed by atoms with Crippen LogP contribution >= 0.6 is 10.5 Å². The number of rotatable bonds is 4. The SMILES string of the molecule is CC(C)CCCN1C(=O)NC(=O)C(=S(C)C)C1=O. The summed E-state index contributed by atoms with van der Waals surface area (Å²) in [5.41, 5.74) is 0. The number of carbonyl (C=O) groups excluding carboxylic acids is 3. The van der Waals surface area contributed by atoms with E-state index in [0.717, 1.165) is 17.7 Å². The molecule has 4 amide bonds. The molecular weight excluding hydrogens is 252 g/mol. The lowest BCUT2D eigenvalue weighted by Gasteiger charge is -2.27. The summed E-state index contributed by atoms with van der Waals surface area (Å²) in [5, 5.41) is 2.23. The lowest BCUT2D eigenvalue weighted by molar-refractivity contribution is -0.125. The minimum atomic E-state index is -0.594. The Balaban J connectivity index is 2.79. The van der Waals surface area contributed by atoms with E-state index in [-0.39, 0.29) is 4.86 Å². The van der Waals surface area contributed by atoms with Gasteiger partial charge in [-0.2, -0.15) is 10.5 Å². The molecule has 1 aliphatic heterocycles. The highest BCUT2D eigenvalue weighted by Gasteiger charge is 2.36. The number of carbonyl (C=O) groups is 3. The Hall–Kier alpha value is -1.17. The van der Waals surface area contributed by atoms with Gasteiger partial charge in [-0.15, -0.1) is 0 Å². The second kappa shape index (κ2) is 6.13. The highest BCUT2D eigenvalue weighted by atomic mass is 32.2. The molecule has 6 heteroatoms. The number of amides is 4. The number of nitrogens with one attached hydrogen (secondary N) is 1. The number of hydrogen-bond acceptors (Lipinski definition) is 3. The van der Waals surface area contributed by atoms with Crippen LogP contribution in [0.5, 0.6) is 0 Å². The zero-order valence-electron chi connectivity index (χ0n) is 11.3. The summed E-state index contributed by atoms with van der Waals surface area (Å²) in [6.45, 7) is 4.56. The number of imide groups is 2. The van der Waals surface area contributed by atoms with Crippen molar-refractivity contribution in [2.45, 2.75) is 26.7 Å². The molecule has 0 radical (unpaired) electrons. The Morgan fingerprint density at radius 1 is 1.22 bits per heavy atom. The van der Waals surface area contributed by atoms with Crippen molar-refractivity contribution in [3.8, 4) is 0 Å². The fourth-order valence-electron chi connectivity index (χ4n) is 1.75. The summed E-state index contributed by atoms with van der Waals surface area (Å²) in [6.07, 6.45) is 5.31. The molecule has 18 heavy (non-hydrogen) atoms. The fourth-order valence-corrected chi connectivity index (χ4v) is 2.64. The summed E-state index contributed by atoms with van der Waals surface area (Å²) in [5.74, 6) is -0.440. The third kappa shape index (κ3) is 3.41. The van der Waals surface area contributed by atoms with Gasteiger partial charge in [0.1, 0.15) is 4.86 Å². The highest BCUT2D eigenvalue weighted by molar-refractivity contribution is 8.16. The van der Waals surface area contributed by atoms with Crippen LogP contribution in [0.25, 0.3) is 0 Å². The zero-order chi connectivity index (χ0) is 13.9. The van der Waals surface area contributed by atoms with Gasteiger partial charge in [0.2, 0.25) is 0 Å². The van der Waals surface area contributed by atoms with E-state index in [0.29, 0.717) is 12.5 Å². The van der Waals surface area contributed by atoms with Crippen LogP contribution in [0.15, 0.2) is 0 Å². The van der Waals surface area contributed by atoms with Crippen LogP contribution in [0, 0.1) is 5.92 Å². The summed E-state index contributed by atoms with van der Waals surface area (Å²) < 4.78 is 0. The van der Waals surface area contributed by atoms with Crippen LogP contribution in [-0.4, -0.2) is 46.7 Å². The van der Waals surface area contributed by atoms with Gasteiger partial charge in [-0.25, -0.2) is 4.79 Å². The van der Waals surface area contributed by atoms with E-state index in [1.807, 2.05) is 0 Å². The molecule has 0 saturated carbocycles. The van der Waals surface area contributed by atoms with E-state index in [1.54, 1.807) is 12.5 Å². The van der Waals surface area contributed by atoms with Crippen LogP contribution in [0.2, 0.25) is 0 Å². The normalized spacial score (nSPS) is 16.9. The first-order chi connectivity index (χ1) is 8.34. The predicted molar refractivity (Wildman–Crippen MR) is 73.8 cm³/mol. The Morgan fingerprint density at radius 3 is 2.33 bits per heavy atom. The second-order valence-corrected chi connectivity index (χ2v) is 6.94. The van der Waals surface area contributed by atoms with Crippen LogP contribution < -0.4 is 5.32 Å². The third-order valence-electron chi connectivity index (χ3n) is 2.68. The lowest BCUT2D eigenvalue weighted by Crippen LogP contribution is -2.58. The Labute approximate surface area is 110 Å². The molecule has 0 spiro atoms. The van der Waals surface area contributed by atoms with Crippen LogP contribution in [0.3, 0.4) is 0 Å². The number of barbiturate groups is 1. The largest absolute Gasteiger partial charge is 0.331 e. The van der Waals surface area contributed by atoms with Gasteiger partial charge in [0, 0.05) is 6.54 Å². The van der Waals surface area contributed by atoms with Crippen LogP contribution in [0.4, 0.5) is 4.79 Å². The molecule has 5 nitrogen and oxygen atoms in total. The molecule has 1 N–H and O–H groups in total. The van der Waals surface area contributed by atoms with Gasteiger partial charge in [-0.1, -0.05) is 13.8 Å². The lowest BCUT2D eigenvalue weighted by atomic mass is 10.1. The van der Waals surface area contributed by atoms with E-state index in [4.69, 9.17) is 0 Å². The maximum atomic E-state index is 12.1. The van der Waals surface area contributed by atoms with Crippen molar-refractivity contribution in [3.63, 3.8) is 0 Å². The molecule has 0 bridgehead atoms. The molecule has 102 valence electrons. The fraction of sp³-hybridized carbons (Fsp3) is 0.667. The summed E-state index contributed by atoms with van der Waals surface area (Å²) in [7, 11) is -0.451. The second-order valence-electron chi connectivity index (χ2n) is 4.90. The molecule has 1 aliphatic rings. The van der Waals surface area contributed by atoms with Crippen molar-refractivity contribution in [3.05, 3.63) is 0 Å². The van der Waals surface area contributed by atoms with Crippen molar-refractivity contribution in [2.24, 2.45) is 5.92 Å². The van der Waals surface area contributed by atoms with Crippen molar-refractivity contribution >= 4 is 33.2 Å². The first-order valence-electron chi connectivity index (χ1n) is 5.96. The van der Waals surface area contributed by atoms with Crippen molar-refractivity contribution in [1.82, 2.24) is 10.2 Å². The van der Waals surface area contributed by atoms with Crippen LogP contribution in [0.1, 0.15) is 26.7 Å². The van der Waals surface area contributed by atoms with Gasteiger partial charge in [0.05, 0.1) is 0 Å². The van der Waals surface area contributed by atoms with Crippen molar-refractivity contribution < 1.29 is 14.4 Å². The monoisotopic (exact) mass is 272 g/mol. The molecule has 0 aromatic rings. The molecule has 0 aromatic carbocycles.